The summed E-state index contributed by atoms with van der Waals surface area (Å²) in [5.74, 6) is 2.94. The molecule has 2 heterocycles. The van der Waals surface area contributed by atoms with Crippen molar-refractivity contribution in [1.29, 1.82) is 0 Å². The van der Waals surface area contributed by atoms with Crippen LogP contribution in [0.3, 0.4) is 0 Å². The quantitative estimate of drug-likeness (QED) is 0.326. The minimum absolute atomic E-state index is 0. The lowest BCUT2D eigenvalue weighted by molar-refractivity contribution is -0.139. The molecule has 1 aromatic heterocycles. The highest BCUT2D eigenvalue weighted by Gasteiger charge is 2.30. The molecule has 1 saturated heterocycles. The van der Waals surface area contributed by atoms with Crippen LogP contribution in [0.5, 0.6) is 0 Å². The molecule has 0 bridgehead atoms. The van der Waals surface area contributed by atoms with Crippen molar-refractivity contribution in [1.82, 2.24) is 25.4 Å². The maximum Gasteiger partial charge on any atom is 0.225 e. The largest absolute Gasteiger partial charge is 0.444 e. The third-order valence-electron chi connectivity index (χ3n) is 5.65. The van der Waals surface area contributed by atoms with Gasteiger partial charge in [-0.1, -0.05) is 6.42 Å². The molecule has 0 aromatic carbocycles. The van der Waals surface area contributed by atoms with Crippen LogP contribution in [0.25, 0.3) is 0 Å². The first-order chi connectivity index (χ1) is 13.6. The third-order valence-corrected chi connectivity index (χ3v) is 5.65. The first kappa shape index (κ1) is 23.9. The third kappa shape index (κ3) is 6.84. The number of nitrogens with zero attached hydrogens (tertiary/aromatic N) is 4. The molecule has 1 amide bonds. The van der Waals surface area contributed by atoms with E-state index in [1.165, 1.54) is 6.42 Å². The number of guanidine groups is 1. The fourth-order valence-electron chi connectivity index (χ4n) is 3.53. The molecule has 2 fully saturated rings. The smallest absolute Gasteiger partial charge is 0.225 e. The van der Waals surface area contributed by atoms with Gasteiger partial charge in [0.2, 0.25) is 11.8 Å². The Kier molecular flexibility index (Phi) is 9.67. The first-order valence-electron chi connectivity index (χ1n) is 10.5. The Labute approximate surface area is 190 Å². The average Bonchev–Trinajstić information content (AvgIpc) is 2.96. The Morgan fingerprint density at radius 2 is 1.93 bits per heavy atom. The summed E-state index contributed by atoms with van der Waals surface area (Å²) < 4.78 is 5.59. The molecule has 0 spiro atoms. The molecule has 8 nitrogen and oxygen atoms in total. The number of hydrogen-bond acceptors (Lipinski definition) is 5. The van der Waals surface area contributed by atoms with Crippen molar-refractivity contribution in [2.45, 2.75) is 46.6 Å². The fraction of sp³-hybridized carbons (Fsp3) is 0.750. The van der Waals surface area contributed by atoms with E-state index < -0.39 is 0 Å². The lowest BCUT2D eigenvalue weighted by atomic mass is 9.84. The number of carbonyl (C=O) groups excluding carboxylic acids is 1. The van der Waals surface area contributed by atoms with Crippen LogP contribution in [0.15, 0.2) is 9.41 Å². The van der Waals surface area contributed by atoms with Gasteiger partial charge in [-0.25, -0.2) is 9.98 Å². The molecule has 0 atom stereocenters. The van der Waals surface area contributed by atoms with Crippen molar-refractivity contribution in [3.63, 3.8) is 0 Å². The summed E-state index contributed by atoms with van der Waals surface area (Å²) in [6.07, 6.45) is 3.39. The van der Waals surface area contributed by atoms with Gasteiger partial charge in [-0.15, -0.1) is 24.0 Å². The maximum atomic E-state index is 12.3. The Balaban J connectivity index is 0.00000300. The van der Waals surface area contributed by atoms with Crippen molar-refractivity contribution in [3.8, 4) is 0 Å². The van der Waals surface area contributed by atoms with E-state index in [2.05, 4.69) is 37.3 Å². The van der Waals surface area contributed by atoms with E-state index in [0.29, 0.717) is 24.3 Å². The molecular formula is C20H35IN6O2. The highest BCUT2D eigenvalue weighted by Crippen LogP contribution is 2.28. The van der Waals surface area contributed by atoms with Crippen molar-refractivity contribution >= 4 is 35.8 Å². The molecule has 2 aliphatic rings. The summed E-state index contributed by atoms with van der Waals surface area (Å²) in [5, 5.41) is 6.63. The predicted molar refractivity (Wildman–Crippen MR) is 125 cm³/mol. The summed E-state index contributed by atoms with van der Waals surface area (Å²) >= 11 is 0. The van der Waals surface area contributed by atoms with E-state index in [9.17, 15) is 4.79 Å². The van der Waals surface area contributed by atoms with Crippen LogP contribution >= 0.6 is 24.0 Å². The van der Waals surface area contributed by atoms with Crippen LogP contribution in [0.2, 0.25) is 0 Å². The number of hydrogen-bond donors (Lipinski definition) is 2. The molecule has 3 rings (SSSR count). The zero-order valence-electron chi connectivity index (χ0n) is 17.9. The van der Waals surface area contributed by atoms with Gasteiger partial charge in [-0.05, 0) is 33.6 Å². The van der Waals surface area contributed by atoms with Gasteiger partial charge in [0.1, 0.15) is 12.3 Å². The minimum Gasteiger partial charge on any atom is -0.444 e. The number of rotatable bonds is 7. The van der Waals surface area contributed by atoms with E-state index >= 15 is 0 Å². The summed E-state index contributed by atoms with van der Waals surface area (Å²) in [6.45, 7) is 12.5. The molecule has 2 N–H and O–H groups in total. The Bertz CT molecular complexity index is 661. The zero-order valence-corrected chi connectivity index (χ0v) is 20.2. The topological polar surface area (TPSA) is 86.0 Å². The molecule has 29 heavy (non-hydrogen) atoms. The highest BCUT2D eigenvalue weighted by atomic mass is 127. The van der Waals surface area contributed by atoms with Gasteiger partial charge in [0.25, 0.3) is 0 Å². The predicted octanol–water partition coefficient (Wildman–Crippen LogP) is 1.91. The lowest BCUT2D eigenvalue weighted by Crippen LogP contribution is -2.52. The average molecular weight is 518 g/mol. The zero-order chi connectivity index (χ0) is 19.9. The summed E-state index contributed by atoms with van der Waals surface area (Å²) in [5.41, 5.74) is 0.915. The molecule has 164 valence electrons. The number of piperazine rings is 1. The molecule has 1 aliphatic heterocycles. The highest BCUT2D eigenvalue weighted by molar-refractivity contribution is 14.0. The van der Waals surface area contributed by atoms with Crippen molar-refractivity contribution in [2.24, 2.45) is 10.9 Å². The summed E-state index contributed by atoms with van der Waals surface area (Å²) in [4.78, 5) is 25.7. The van der Waals surface area contributed by atoms with E-state index in [4.69, 9.17) is 4.42 Å². The maximum absolute atomic E-state index is 12.3. The lowest BCUT2D eigenvalue weighted by Gasteiger charge is -2.38. The monoisotopic (exact) mass is 518 g/mol. The number of aliphatic imine (C=N–C) groups is 1. The Morgan fingerprint density at radius 1 is 1.21 bits per heavy atom. The van der Waals surface area contributed by atoms with Gasteiger partial charge >= 0.3 is 0 Å². The van der Waals surface area contributed by atoms with Crippen LogP contribution in [-0.4, -0.2) is 72.5 Å². The number of aryl methyl sites for hydroxylation is 2. The number of aromatic nitrogens is 1. The van der Waals surface area contributed by atoms with Crippen LogP contribution < -0.4 is 10.6 Å². The number of oxazole rings is 1. The minimum atomic E-state index is 0. The van der Waals surface area contributed by atoms with Gasteiger partial charge in [0.05, 0.1) is 5.69 Å². The van der Waals surface area contributed by atoms with Gasteiger partial charge < -0.3 is 20.0 Å². The number of halogens is 1. The summed E-state index contributed by atoms with van der Waals surface area (Å²) in [7, 11) is 0. The van der Waals surface area contributed by atoms with Crippen LogP contribution in [0.4, 0.5) is 0 Å². The van der Waals surface area contributed by atoms with Gasteiger partial charge in [-0.3, -0.25) is 9.69 Å². The number of nitrogens with one attached hydrogen (secondary N) is 2. The van der Waals surface area contributed by atoms with E-state index in [1.54, 1.807) is 0 Å². The summed E-state index contributed by atoms with van der Waals surface area (Å²) in [6, 6.07) is 0. The Hall–Kier alpha value is -1.36. The van der Waals surface area contributed by atoms with Crippen molar-refractivity contribution in [3.05, 3.63) is 17.3 Å². The fourth-order valence-corrected chi connectivity index (χ4v) is 3.53. The second kappa shape index (κ2) is 11.7. The molecule has 1 aromatic rings. The molecule has 0 radical (unpaired) electrons. The van der Waals surface area contributed by atoms with Crippen molar-refractivity contribution in [2.75, 3.05) is 45.8 Å². The van der Waals surface area contributed by atoms with E-state index in [-0.39, 0.29) is 24.0 Å². The second-order valence-electron chi connectivity index (χ2n) is 7.67. The van der Waals surface area contributed by atoms with Crippen LogP contribution in [-0.2, 0) is 11.3 Å². The SMILES string of the molecule is CCNC(=NCc1nc(C)c(C)o1)NCCN1CCN(C(=O)C2CCC2)CC1.I. The van der Waals surface area contributed by atoms with E-state index in [0.717, 1.165) is 76.1 Å². The van der Waals surface area contributed by atoms with Crippen LogP contribution in [0.1, 0.15) is 43.5 Å². The Morgan fingerprint density at radius 3 is 2.48 bits per heavy atom. The molecule has 0 unspecified atom stereocenters. The molecule has 1 aliphatic carbocycles. The van der Waals surface area contributed by atoms with Gasteiger partial charge in [0, 0.05) is 51.7 Å². The van der Waals surface area contributed by atoms with Crippen molar-refractivity contribution < 1.29 is 9.21 Å². The standard InChI is InChI=1S/C20H34N6O2.HI/c1-4-21-20(23-14-18-24-15(2)16(3)28-18)22-8-9-25-10-12-26(13-11-25)19(27)17-6-5-7-17;/h17H,4-14H2,1-3H3,(H2,21,22,23);1H. The van der Waals surface area contributed by atoms with Gasteiger partial charge in [0.15, 0.2) is 5.96 Å². The normalized spacial score (nSPS) is 18.2. The first-order valence-corrected chi connectivity index (χ1v) is 10.5. The number of carbonyl (C=O) groups is 1. The molecular weight excluding hydrogens is 483 g/mol. The molecule has 1 saturated carbocycles. The van der Waals surface area contributed by atoms with Gasteiger partial charge in [-0.2, -0.15) is 0 Å². The second-order valence-corrected chi connectivity index (χ2v) is 7.67. The van der Waals surface area contributed by atoms with Crippen LogP contribution in [0, 0.1) is 19.8 Å². The van der Waals surface area contributed by atoms with E-state index in [1.807, 2.05) is 13.8 Å². The number of amides is 1. The molecule has 9 heteroatoms.